The maximum atomic E-state index is 11.7. The second kappa shape index (κ2) is 7.97. The first-order valence-electron chi connectivity index (χ1n) is 8.13. The van der Waals surface area contributed by atoms with Crippen molar-refractivity contribution in [2.45, 2.75) is 39.4 Å². The van der Waals surface area contributed by atoms with Crippen LogP contribution >= 0.6 is 0 Å². The van der Waals surface area contributed by atoms with Crippen molar-refractivity contribution in [1.82, 2.24) is 5.32 Å². The molecule has 0 spiro atoms. The summed E-state index contributed by atoms with van der Waals surface area (Å²) in [6.07, 6.45) is 0.335. The molecule has 0 bridgehead atoms. The summed E-state index contributed by atoms with van der Waals surface area (Å²) in [7, 11) is 0. The van der Waals surface area contributed by atoms with Crippen molar-refractivity contribution in [3.8, 4) is 11.1 Å². The van der Waals surface area contributed by atoms with E-state index in [1.807, 2.05) is 63.2 Å². The molecule has 0 aliphatic heterocycles. The third-order valence-corrected chi connectivity index (χ3v) is 3.45. The lowest BCUT2D eigenvalue weighted by Gasteiger charge is -2.19. The molecule has 4 heteroatoms. The Labute approximate surface area is 143 Å². The molecule has 4 nitrogen and oxygen atoms in total. The lowest BCUT2D eigenvalue weighted by atomic mass is 10.0. The van der Waals surface area contributed by atoms with Crippen molar-refractivity contribution in [2.24, 2.45) is 0 Å². The average molecular weight is 327 g/mol. The van der Waals surface area contributed by atoms with Gasteiger partial charge in [-0.3, -0.25) is 0 Å². The zero-order chi connectivity index (χ0) is 17.6. The van der Waals surface area contributed by atoms with Crippen LogP contribution in [0.2, 0.25) is 0 Å². The fourth-order valence-electron chi connectivity index (χ4n) is 2.38. The number of benzene rings is 2. The first-order chi connectivity index (χ1) is 11.4. The van der Waals surface area contributed by atoms with Gasteiger partial charge in [-0.05, 0) is 55.5 Å². The quantitative estimate of drug-likeness (QED) is 0.875. The molecule has 1 amide bonds. The number of amides is 1. The number of hydrogen-bond acceptors (Lipinski definition) is 3. The summed E-state index contributed by atoms with van der Waals surface area (Å²) in [5.41, 5.74) is 3.72. The van der Waals surface area contributed by atoms with Crippen molar-refractivity contribution >= 4 is 6.09 Å². The Balaban J connectivity index is 1.97. The molecular weight excluding hydrogens is 302 g/mol. The van der Waals surface area contributed by atoms with Gasteiger partial charge in [-0.25, -0.2) is 4.79 Å². The molecule has 0 unspecified atom stereocenters. The summed E-state index contributed by atoms with van der Waals surface area (Å²) in [6.45, 7) is 6.09. The number of nitrogens with one attached hydrogen (secondary N) is 1. The highest BCUT2D eigenvalue weighted by atomic mass is 16.6. The van der Waals surface area contributed by atoms with E-state index in [0.717, 1.165) is 28.7 Å². The number of hydrogen-bond donors (Lipinski definition) is 2. The Morgan fingerprint density at radius 3 is 2.21 bits per heavy atom. The van der Waals surface area contributed by atoms with E-state index in [0.29, 0.717) is 6.54 Å². The Kier molecular flexibility index (Phi) is 5.99. The largest absolute Gasteiger partial charge is 0.444 e. The van der Waals surface area contributed by atoms with Crippen LogP contribution in [-0.2, 0) is 17.8 Å². The Hall–Kier alpha value is -2.33. The van der Waals surface area contributed by atoms with Crippen molar-refractivity contribution in [2.75, 3.05) is 6.54 Å². The highest BCUT2D eigenvalue weighted by molar-refractivity contribution is 5.68. The molecule has 2 N–H and O–H groups in total. The van der Waals surface area contributed by atoms with Gasteiger partial charge in [0.05, 0.1) is 6.61 Å². The van der Waals surface area contributed by atoms with Gasteiger partial charge in [-0.15, -0.1) is 0 Å². The van der Waals surface area contributed by atoms with Gasteiger partial charge in [0.1, 0.15) is 5.60 Å². The van der Waals surface area contributed by atoms with Gasteiger partial charge in [-0.2, -0.15) is 0 Å². The van der Waals surface area contributed by atoms with Gasteiger partial charge in [-0.1, -0.05) is 42.5 Å². The minimum Gasteiger partial charge on any atom is -0.444 e. The second-order valence-corrected chi connectivity index (χ2v) is 6.74. The molecule has 128 valence electrons. The lowest BCUT2D eigenvalue weighted by Crippen LogP contribution is -2.33. The Morgan fingerprint density at radius 2 is 1.62 bits per heavy atom. The van der Waals surface area contributed by atoms with Crippen LogP contribution in [-0.4, -0.2) is 23.3 Å². The smallest absolute Gasteiger partial charge is 0.407 e. The highest BCUT2D eigenvalue weighted by Crippen LogP contribution is 2.22. The Bertz CT molecular complexity index is 689. The van der Waals surface area contributed by atoms with E-state index in [1.165, 1.54) is 0 Å². The summed E-state index contributed by atoms with van der Waals surface area (Å²) < 4.78 is 5.22. The van der Waals surface area contributed by atoms with Gasteiger partial charge in [0.2, 0.25) is 0 Å². The minimum absolute atomic E-state index is 0.0351. The van der Waals surface area contributed by atoms with Crippen LogP contribution < -0.4 is 5.32 Å². The number of aliphatic hydroxyl groups excluding tert-OH is 1. The molecule has 0 fully saturated rings. The van der Waals surface area contributed by atoms with Gasteiger partial charge in [0.15, 0.2) is 0 Å². The monoisotopic (exact) mass is 327 g/mol. The number of aliphatic hydroxyl groups is 1. The molecule has 0 radical (unpaired) electrons. The first kappa shape index (κ1) is 18.0. The summed E-state index contributed by atoms with van der Waals surface area (Å²) in [4.78, 5) is 11.7. The fraction of sp³-hybridized carbons (Fsp3) is 0.350. The standard InChI is InChI=1S/C20H25NO3/c1-20(2,3)24-19(23)21-11-10-15-6-4-8-17(12-15)18-9-5-7-16(13-18)14-22/h4-9,12-13,22H,10-11,14H2,1-3H3,(H,21,23). The number of ether oxygens (including phenoxy) is 1. The molecule has 0 saturated carbocycles. The highest BCUT2D eigenvalue weighted by Gasteiger charge is 2.15. The van der Waals surface area contributed by atoms with Crippen molar-refractivity contribution in [1.29, 1.82) is 0 Å². The molecule has 0 aliphatic carbocycles. The third kappa shape index (κ3) is 5.70. The molecular formula is C20H25NO3. The van der Waals surface area contributed by atoms with Crippen LogP contribution in [0.1, 0.15) is 31.9 Å². The summed E-state index contributed by atoms with van der Waals surface area (Å²) in [5, 5.41) is 12.0. The predicted molar refractivity (Wildman–Crippen MR) is 95.7 cm³/mol. The molecule has 0 aromatic heterocycles. The number of carbonyl (C=O) groups is 1. The van der Waals surface area contributed by atoms with E-state index in [4.69, 9.17) is 4.74 Å². The van der Waals surface area contributed by atoms with Gasteiger partial charge >= 0.3 is 6.09 Å². The summed E-state index contributed by atoms with van der Waals surface area (Å²) in [5.74, 6) is 0. The zero-order valence-electron chi connectivity index (χ0n) is 14.5. The number of rotatable bonds is 5. The molecule has 0 atom stereocenters. The molecule has 2 aromatic rings. The second-order valence-electron chi connectivity index (χ2n) is 6.74. The first-order valence-corrected chi connectivity index (χ1v) is 8.13. The van der Waals surface area contributed by atoms with E-state index >= 15 is 0 Å². The van der Waals surface area contributed by atoms with Crippen molar-refractivity contribution in [3.05, 3.63) is 59.7 Å². The van der Waals surface area contributed by atoms with Crippen LogP contribution in [0, 0.1) is 0 Å². The van der Waals surface area contributed by atoms with E-state index < -0.39 is 11.7 Å². The fourth-order valence-corrected chi connectivity index (χ4v) is 2.38. The van der Waals surface area contributed by atoms with E-state index in [-0.39, 0.29) is 6.61 Å². The SMILES string of the molecule is CC(C)(C)OC(=O)NCCc1cccc(-c2cccc(CO)c2)c1. The zero-order valence-corrected chi connectivity index (χ0v) is 14.5. The van der Waals surface area contributed by atoms with Crippen LogP contribution in [0.5, 0.6) is 0 Å². The summed E-state index contributed by atoms with van der Waals surface area (Å²) >= 11 is 0. The topological polar surface area (TPSA) is 58.6 Å². The van der Waals surface area contributed by atoms with Crippen LogP contribution in [0.25, 0.3) is 11.1 Å². The maximum absolute atomic E-state index is 11.7. The van der Waals surface area contributed by atoms with Gasteiger partial charge in [0.25, 0.3) is 0 Å². The van der Waals surface area contributed by atoms with E-state index in [1.54, 1.807) is 0 Å². The van der Waals surface area contributed by atoms with Crippen LogP contribution in [0.4, 0.5) is 4.79 Å². The predicted octanol–water partition coefficient (Wildman–Crippen LogP) is 3.91. The molecule has 0 heterocycles. The van der Waals surface area contributed by atoms with Crippen molar-refractivity contribution < 1.29 is 14.6 Å². The van der Waals surface area contributed by atoms with Gasteiger partial charge in [0, 0.05) is 6.54 Å². The van der Waals surface area contributed by atoms with Crippen LogP contribution in [0.3, 0.4) is 0 Å². The normalized spacial score (nSPS) is 11.2. The Morgan fingerprint density at radius 1 is 1.04 bits per heavy atom. The van der Waals surface area contributed by atoms with Gasteiger partial charge < -0.3 is 15.2 Å². The van der Waals surface area contributed by atoms with Crippen LogP contribution in [0.15, 0.2) is 48.5 Å². The van der Waals surface area contributed by atoms with Crippen molar-refractivity contribution in [3.63, 3.8) is 0 Å². The molecule has 24 heavy (non-hydrogen) atoms. The molecule has 2 rings (SSSR count). The number of alkyl carbamates (subject to hydrolysis) is 1. The maximum Gasteiger partial charge on any atom is 0.407 e. The minimum atomic E-state index is -0.484. The van der Waals surface area contributed by atoms with E-state index in [9.17, 15) is 9.90 Å². The number of carbonyl (C=O) groups excluding carboxylic acids is 1. The lowest BCUT2D eigenvalue weighted by molar-refractivity contribution is 0.0528. The van der Waals surface area contributed by atoms with E-state index in [2.05, 4.69) is 11.4 Å². The third-order valence-electron chi connectivity index (χ3n) is 3.45. The molecule has 0 aliphatic rings. The molecule has 0 saturated heterocycles. The molecule has 2 aromatic carbocycles. The summed E-state index contributed by atoms with van der Waals surface area (Å²) in [6, 6.07) is 16.0. The average Bonchev–Trinajstić information content (AvgIpc) is 2.53.